The molecule has 0 aliphatic rings. The van der Waals surface area contributed by atoms with E-state index in [4.69, 9.17) is 0 Å². The van der Waals surface area contributed by atoms with Crippen LogP contribution < -0.4 is 5.32 Å². The molecule has 0 amide bonds. The Labute approximate surface area is 116 Å². The molecule has 0 aliphatic heterocycles. The molecule has 18 heavy (non-hydrogen) atoms. The lowest BCUT2D eigenvalue weighted by Crippen LogP contribution is -2.04. The zero-order valence-electron chi connectivity index (χ0n) is 10.9. The summed E-state index contributed by atoms with van der Waals surface area (Å²) < 4.78 is 3.11. The first-order valence-electron chi connectivity index (χ1n) is 6.10. The summed E-state index contributed by atoms with van der Waals surface area (Å²) in [6.45, 7) is 7.09. The Morgan fingerprint density at radius 1 is 1.33 bits per heavy atom. The molecule has 0 aliphatic carbocycles. The molecule has 1 N–H and O–H groups in total. The van der Waals surface area contributed by atoms with Gasteiger partial charge in [-0.15, -0.1) is 0 Å². The maximum absolute atomic E-state index is 4.51. The summed E-state index contributed by atoms with van der Waals surface area (Å²) >= 11 is 3.50. The van der Waals surface area contributed by atoms with Crippen LogP contribution in [-0.4, -0.2) is 9.78 Å². The maximum Gasteiger partial charge on any atom is 0.0815 e. The van der Waals surface area contributed by atoms with Crippen molar-refractivity contribution >= 4 is 21.6 Å². The van der Waals surface area contributed by atoms with E-state index in [1.165, 1.54) is 5.56 Å². The molecule has 0 saturated carbocycles. The first-order chi connectivity index (χ1) is 8.56. The molecule has 96 valence electrons. The summed E-state index contributed by atoms with van der Waals surface area (Å²) in [6, 6.07) is 8.72. The highest BCUT2D eigenvalue weighted by atomic mass is 79.9. The van der Waals surface area contributed by atoms with Crippen molar-refractivity contribution < 1.29 is 0 Å². The minimum Gasteiger partial charge on any atom is -0.379 e. The van der Waals surface area contributed by atoms with Crippen LogP contribution in [0.25, 0.3) is 0 Å². The van der Waals surface area contributed by atoms with Crippen molar-refractivity contribution in [2.45, 2.75) is 33.4 Å². The van der Waals surface area contributed by atoms with Crippen LogP contribution in [-0.2, 0) is 6.54 Å². The van der Waals surface area contributed by atoms with Crippen LogP contribution in [0, 0.1) is 6.92 Å². The van der Waals surface area contributed by atoms with Crippen molar-refractivity contribution in [2.24, 2.45) is 0 Å². The summed E-state index contributed by atoms with van der Waals surface area (Å²) in [6.07, 6.45) is 2.02. The highest BCUT2D eigenvalue weighted by molar-refractivity contribution is 9.10. The monoisotopic (exact) mass is 307 g/mol. The van der Waals surface area contributed by atoms with Gasteiger partial charge in [0.25, 0.3) is 0 Å². The third kappa shape index (κ3) is 3.13. The number of benzene rings is 1. The third-order valence-corrected chi connectivity index (χ3v) is 3.71. The number of rotatable bonds is 4. The summed E-state index contributed by atoms with van der Waals surface area (Å²) in [5.41, 5.74) is 3.41. The molecule has 2 rings (SSSR count). The number of halogens is 1. The summed E-state index contributed by atoms with van der Waals surface area (Å²) in [5.74, 6) is 0. The average Bonchev–Trinajstić information content (AvgIpc) is 2.79. The second-order valence-corrected chi connectivity index (χ2v) is 5.55. The predicted molar refractivity (Wildman–Crippen MR) is 78.8 cm³/mol. The third-order valence-electron chi connectivity index (χ3n) is 2.82. The van der Waals surface area contributed by atoms with E-state index in [0.717, 1.165) is 22.4 Å². The average molecular weight is 308 g/mol. The van der Waals surface area contributed by atoms with Gasteiger partial charge in [0.15, 0.2) is 0 Å². The molecule has 3 nitrogen and oxygen atoms in total. The predicted octanol–water partition coefficient (Wildman–Crippen LogP) is 4.15. The maximum atomic E-state index is 4.51. The van der Waals surface area contributed by atoms with Crippen LogP contribution in [0.2, 0.25) is 0 Å². The molecule has 0 saturated heterocycles. The molecule has 0 bridgehead atoms. The largest absolute Gasteiger partial charge is 0.379 e. The second-order valence-electron chi connectivity index (χ2n) is 4.70. The molecule has 2 aromatic rings. The van der Waals surface area contributed by atoms with E-state index in [1.54, 1.807) is 0 Å². The van der Waals surface area contributed by atoms with Crippen LogP contribution >= 0.6 is 15.9 Å². The van der Waals surface area contributed by atoms with E-state index >= 15 is 0 Å². The molecule has 0 radical (unpaired) electrons. The van der Waals surface area contributed by atoms with Crippen LogP contribution in [0.15, 0.2) is 34.9 Å². The van der Waals surface area contributed by atoms with Crippen molar-refractivity contribution in [1.29, 1.82) is 0 Å². The molecule has 0 atom stereocenters. The van der Waals surface area contributed by atoms with Crippen molar-refractivity contribution in [3.63, 3.8) is 0 Å². The lowest BCUT2D eigenvalue weighted by Gasteiger charge is -2.07. The van der Waals surface area contributed by atoms with Gasteiger partial charge in [0.1, 0.15) is 0 Å². The van der Waals surface area contributed by atoms with Gasteiger partial charge < -0.3 is 5.32 Å². The highest BCUT2D eigenvalue weighted by Gasteiger charge is 2.02. The van der Waals surface area contributed by atoms with E-state index in [9.17, 15) is 0 Å². The van der Waals surface area contributed by atoms with E-state index in [0.29, 0.717) is 6.04 Å². The summed E-state index contributed by atoms with van der Waals surface area (Å²) in [7, 11) is 0. The molecule has 1 aromatic heterocycles. The first-order valence-corrected chi connectivity index (χ1v) is 6.89. The molecular weight excluding hydrogens is 290 g/mol. The molecule has 0 spiro atoms. The second kappa shape index (κ2) is 5.57. The van der Waals surface area contributed by atoms with Crippen LogP contribution in [0.1, 0.15) is 31.1 Å². The van der Waals surface area contributed by atoms with Crippen molar-refractivity contribution in [2.75, 3.05) is 5.32 Å². The number of anilines is 1. The van der Waals surface area contributed by atoms with Crippen LogP contribution in [0.3, 0.4) is 0 Å². The van der Waals surface area contributed by atoms with E-state index in [1.807, 2.05) is 10.9 Å². The Morgan fingerprint density at radius 3 is 2.72 bits per heavy atom. The minimum absolute atomic E-state index is 0.411. The topological polar surface area (TPSA) is 29.9 Å². The summed E-state index contributed by atoms with van der Waals surface area (Å²) in [5, 5.41) is 7.89. The van der Waals surface area contributed by atoms with Gasteiger partial charge >= 0.3 is 0 Å². The van der Waals surface area contributed by atoms with Crippen molar-refractivity contribution in [1.82, 2.24) is 9.78 Å². The first kappa shape index (κ1) is 13.1. The fourth-order valence-electron chi connectivity index (χ4n) is 1.71. The Balaban J connectivity index is 2.00. The standard InChI is InChI=1S/C14H18BrN3/c1-10(2)18-7-6-13(17-18)9-16-12-4-5-14(15)11(3)8-12/h4-8,10,16H,9H2,1-3H3. The minimum atomic E-state index is 0.411. The number of nitrogens with one attached hydrogen (secondary N) is 1. The van der Waals surface area contributed by atoms with Gasteiger partial charge in [-0.25, -0.2) is 0 Å². The van der Waals surface area contributed by atoms with Crippen LogP contribution in [0.4, 0.5) is 5.69 Å². The zero-order valence-corrected chi connectivity index (χ0v) is 12.5. The Morgan fingerprint density at radius 2 is 2.11 bits per heavy atom. The fourth-order valence-corrected chi connectivity index (χ4v) is 1.95. The van der Waals surface area contributed by atoms with Gasteiger partial charge in [-0.2, -0.15) is 5.10 Å². The van der Waals surface area contributed by atoms with Crippen LogP contribution in [0.5, 0.6) is 0 Å². The number of hydrogen-bond acceptors (Lipinski definition) is 2. The molecule has 0 unspecified atom stereocenters. The SMILES string of the molecule is Cc1cc(NCc2ccn(C(C)C)n2)ccc1Br. The quantitative estimate of drug-likeness (QED) is 0.919. The van der Waals surface area contributed by atoms with Gasteiger partial charge in [-0.1, -0.05) is 15.9 Å². The van der Waals surface area contributed by atoms with Crippen molar-refractivity contribution in [3.05, 3.63) is 46.2 Å². The van der Waals surface area contributed by atoms with E-state index < -0.39 is 0 Å². The Bertz CT molecular complexity index is 532. The molecule has 0 fully saturated rings. The smallest absolute Gasteiger partial charge is 0.0815 e. The molecule has 1 heterocycles. The number of aromatic nitrogens is 2. The number of aryl methyl sites for hydroxylation is 1. The summed E-state index contributed by atoms with van der Waals surface area (Å²) in [4.78, 5) is 0. The number of hydrogen-bond donors (Lipinski definition) is 1. The van der Waals surface area contributed by atoms with E-state index in [2.05, 4.69) is 71.4 Å². The van der Waals surface area contributed by atoms with Gasteiger partial charge in [-0.3, -0.25) is 4.68 Å². The Hall–Kier alpha value is -1.29. The molecular formula is C14H18BrN3. The Kier molecular flexibility index (Phi) is 4.07. The van der Waals surface area contributed by atoms with Crippen molar-refractivity contribution in [3.8, 4) is 0 Å². The highest BCUT2D eigenvalue weighted by Crippen LogP contribution is 2.20. The van der Waals surface area contributed by atoms with Gasteiger partial charge in [0, 0.05) is 22.4 Å². The zero-order chi connectivity index (χ0) is 13.1. The van der Waals surface area contributed by atoms with E-state index in [-0.39, 0.29) is 0 Å². The van der Waals surface area contributed by atoms with Gasteiger partial charge in [-0.05, 0) is 50.6 Å². The normalized spacial score (nSPS) is 10.9. The van der Waals surface area contributed by atoms with Gasteiger partial charge in [0.2, 0.25) is 0 Å². The lowest BCUT2D eigenvalue weighted by atomic mass is 10.2. The lowest BCUT2D eigenvalue weighted by molar-refractivity contribution is 0.527. The fraction of sp³-hybridized carbons (Fsp3) is 0.357. The molecule has 1 aromatic carbocycles. The molecule has 4 heteroatoms. The van der Waals surface area contributed by atoms with Gasteiger partial charge in [0.05, 0.1) is 12.2 Å². The number of nitrogens with zero attached hydrogens (tertiary/aromatic N) is 2.